The normalized spacial score (nSPS) is 12.3. The Morgan fingerprint density at radius 2 is 1.73 bits per heavy atom. The average molecular weight is 757 g/mol. The van der Waals surface area contributed by atoms with Gasteiger partial charge in [-0.1, -0.05) is 57.8 Å². The first-order valence-electron chi connectivity index (χ1n) is 11.4. The number of methoxy groups -OCH3 is 1. The Morgan fingerprint density at radius 3 is 2.41 bits per heavy atom. The van der Waals surface area contributed by atoms with Crippen LogP contribution in [0.2, 0.25) is 0 Å². The molecule has 6 nitrogen and oxygen atoms in total. The third kappa shape index (κ3) is 6.19. The Labute approximate surface area is 248 Å². The Kier molecular flexibility index (Phi) is 9.26. The number of aromatic nitrogens is 2. The quantitative estimate of drug-likeness (QED) is 0.170. The van der Waals surface area contributed by atoms with Crippen LogP contribution in [0.15, 0.2) is 76.3 Å². The lowest BCUT2D eigenvalue weighted by molar-refractivity contribution is 0.282. The van der Waals surface area contributed by atoms with Crippen molar-refractivity contribution in [3.63, 3.8) is 0 Å². The Morgan fingerprint density at radius 1 is 1.03 bits per heavy atom. The van der Waals surface area contributed by atoms with Crippen LogP contribution in [0.3, 0.4) is 0 Å². The van der Waals surface area contributed by atoms with E-state index < -0.39 is 0 Å². The summed E-state index contributed by atoms with van der Waals surface area (Å²) in [6, 6.07) is 15.2. The minimum absolute atomic E-state index is 0.0389. The van der Waals surface area contributed by atoms with Crippen LogP contribution in [0.4, 0.5) is 0 Å². The third-order valence-corrected chi connectivity index (χ3v) is 9.04. The number of hydrogen-bond donors (Lipinski definition) is 0. The van der Waals surface area contributed by atoms with Gasteiger partial charge in [-0.15, -0.1) is 0 Å². The molecule has 0 bridgehead atoms. The highest BCUT2D eigenvalue weighted by Crippen LogP contribution is 2.42. The van der Waals surface area contributed by atoms with E-state index in [1.807, 2.05) is 49.4 Å². The zero-order chi connectivity index (χ0) is 26.7. The Hall–Kier alpha value is -2.01. The lowest BCUT2D eigenvalue weighted by Crippen LogP contribution is -2.23. The first-order valence-corrected chi connectivity index (χ1v) is 14.6. The summed E-state index contributed by atoms with van der Waals surface area (Å²) in [6.07, 6.45) is 2.44. The summed E-state index contributed by atoms with van der Waals surface area (Å²) in [5.41, 5.74) is 2.14. The van der Waals surface area contributed by atoms with Gasteiger partial charge in [0, 0.05) is 24.9 Å². The molecule has 4 aromatic rings. The van der Waals surface area contributed by atoms with Gasteiger partial charge in [0.2, 0.25) is 0 Å². The molecule has 0 unspecified atom stereocenters. The highest BCUT2D eigenvalue weighted by Gasteiger charge is 2.18. The highest BCUT2D eigenvalue weighted by molar-refractivity contribution is 9.13. The third-order valence-electron chi connectivity index (χ3n) is 5.87. The summed E-state index contributed by atoms with van der Waals surface area (Å²) in [7, 11) is 1.58. The van der Waals surface area contributed by atoms with Gasteiger partial charge in [0.1, 0.15) is 12.4 Å². The van der Waals surface area contributed by atoms with E-state index in [1.165, 1.54) is 4.68 Å². The van der Waals surface area contributed by atoms with Crippen LogP contribution < -0.4 is 15.0 Å². The molecule has 0 radical (unpaired) electrons. The van der Waals surface area contributed by atoms with Crippen molar-refractivity contribution >= 4 is 80.8 Å². The molecule has 1 atom stereocenters. The zero-order valence-corrected chi connectivity index (χ0v) is 26.6. The molecule has 37 heavy (non-hydrogen) atoms. The van der Waals surface area contributed by atoms with Gasteiger partial charge >= 0.3 is 0 Å². The van der Waals surface area contributed by atoms with Gasteiger partial charge in [-0.05, 0) is 80.2 Å². The number of rotatable bonds is 8. The summed E-state index contributed by atoms with van der Waals surface area (Å²) in [4.78, 5) is 18.2. The molecular weight excluding hydrogens is 734 g/mol. The topological polar surface area (TPSA) is 65.7 Å². The molecule has 1 heterocycles. The monoisotopic (exact) mass is 753 g/mol. The van der Waals surface area contributed by atoms with Crippen molar-refractivity contribution in [3.8, 4) is 11.5 Å². The fourth-order valence-corrected chi connectivity index (χ4v) is 5.18. The van der Waals surface area contributed by atoms with Gasteiger partial charge in [0.25, 0.3) is 5.56 Å². The van der Waals surface area contributed by atoms with Crippen LogP contribution in [0.1, 0.15) is 43.1 Å². The van der Waals surface area contributed by atoms with Gasteiger partial charge in [0.15, 0.2) is 11.5 Å². The summed E-state index contributed by atoms with van der Waals surface area (Å²) in [5, 5.41) is 5.08. The van der Waals surface area contributed by atoms with Gasteiger partial charge in [0.05, 0.1) is 28.7 Å². The predicted molar refractivity (Wildman–Crippen MR) is 162 cm³/mol. The lowest BCUT2D eigenvalue weighted by atomic mass is 10.1. The molecule has 0 fully saturated rings. The van der Waals surface area contributed by atoms with Crippen LogP contribution in [-0.2, 0) is 6.61 Å². The van der Waals surface area contributed by atoms with Gasteiger partial charge in [-0.2, -0.15) is 9.78 Å². The molecule has 0 amide bonds. The smallest absolute Gasteiger partial charge is 0.282 e. The first kappa shape index (κ1) is 28.0. The molecule has 10 heteroatoms. The number of halogens is 4. The van der Waals surface area contributed by atoms with Crippen molar-refractivity contribution in [1.29, 1.82) is 0 Å². The maximum Gasteiger partial charge on any atom is 0.282 e. The molecule has 0 saturated carbocycles. The second-order valence-electron chi connectivity index (χ2n) is 8.34. The number of nitrogens with zero attached hydrogens (tertiary/aromatic N) is 3. The molecule has 0 aliphatic heterocycles. The van der Waals surface area contributed by atoms with Gasteiger partial charge < -0.3 is 9.47 Å². The minimum atomic E-state index is -0.227. The highest BCUT2D eigenvalue weighted by atomic mass is 79.9. The van der Waals surface area contributed by atoms with E-state index in [9.17, 15) is 4.79 Å². The van der Waals surface area contributed by atoms with E-state index in [0.717, 1.165) is 25.4 Å². The van der Waals surface area contributed by atoms with Crippen molar-refractivity contribution in [2.24, 2.45) is 5.10 Å². The standard InChI is InChI=1S/C27H23Br4N3O3/c1-4-15(2)26-33-21-10-9-19(29)12-20(21)27(35)34(26)32-13-17-11-22(36-3)25(24(31)23(17)30)37-14-16-5-7-18(28)8-6-16/h5-13,15H,4,14H2,1-3H3/t15-/m1/s1. The van der Waals surface area contributed by atoms with Crippen LogP contribution >= 0.6 is 63.7 Å². The predicted octanol–water partition coefficient (Wildman–Crippen LogP) is 8.43. The second kappa shape index (κ2) is 12.2. The Balaban J connectivity index is 1.74. The zero-order valence-electron chi connectivity index (χ0n) is 20.3. The molecule has 0 aliphatic rings. The van der Waals surface area contributed by atoms with Crippen LogP contribution in [0.25, 0.3) is 10.9 Å². The SMILES string of the molecule is CC[C@@H](C)c1nc2ccc(Br)cc2c(=O)n1N=Cc1cc(OC)c(OCc2ccc(Br)cc2)c(Br)c1Br. The summed E-state index contributed by atoms with van der Waals surface area (Å²) >= 11 is 14.2. The fourth-order valence-electron chi connectivity index (χ4n) is 3.62. The molecule has 1 aromatic heterocycles. The van der Waals surface area contributed by atoms with E-state index in [2.05, 4.69) is 75.7 Å². The Bertz CT molecular complexity index is 1540. The second-order valence-corrected chi connectivity index (χ2v) is 11.8. The molecule has 0 saturated heterocycles. The van der Waals surface area contributed by atoms with E-state index >= 15 is 0 Å². The van der Waals surface area contributed by atoms with Gasteiger partial charge in [-0.25, -0.2) is 4.98 Å². The first-order chi connectivity index (χ1) is 17.7. The maximum absolute atomic E-state index is 13.4. The number of benzene rings is 3. The van der Waals surface area contributed by atoms with Crippen molar-refractivity contribution in [2.45, 2.75) is 32.8 Å². The van der Waals surface area contributed by atoms with E-state index in [4.69, 9.17) is 14.5 Å². The molecule has 0 N–H and O–H groups in total. The lowest BCUT2D eigenvalue weighted by Gasteiger charge is -2.16. The molecule has 0 spiro atoms. The fraction of sp³-hybridized carbons (Fsp3) is 0.222. The van der Waals surface area contributed by atoms with Crippen molar-refractivity contribution in [1.82, 2.24) is 9.66 Å². The summed E-state index contributed by atoms with van der Waals surface area (Å²) in [5.74, 6) is 1.74. The van der Waals surface area contributed by atoms with E-state index in [0.29, 0.717) is 44.9 Å². The maximum atomic E-state index is 13.4. The van der Waals surface area contributed by atoms with Crippen LogP contribution in [0.5, 0.6) is 11.5 Å². The van der Waals surface area contributed by atoms with Crippen molar-refractivity contribution in [2.75, 3.05) is 7.11 Å². The summed E-state index contributed by atoms with van der Waals surface area (Å²) < 4.78 is 16.3. The van der Waals surface area contributed by atoms with Crippen molar-refractivity contribution in [3.05, 3.63) is 93.7 Å². The largest absolute Gasteiger partial charge is 0.493 e. The minimum Gasteiger partial charge on any atom is -0.493 e. The van der Waals surface area contributed by atoms with Crippen LogP contribution in [-0.4, -0.2) is 23.0 Å². The number of fused-ring (bicyclic) bond motifs is 1. The number of hydrogen-bond acceptors (Lipinski definition) is 5. The molecule has 0 aliphatic carbocycles. The van der Waals surface area contributed by atoms with Crippen LogP contribution in [0, 0.1) is 0 Å². The van der Waals surface area contributed by atoms with E-state index in [1.54, 1.807) is 19.4 Å². The molecular formula is C27H23Br4N3O3. The number of ether oxygens (including phenoxy) is 2. The van der Waals surface area contributed by atoms with Gasteiger partial charge in [-0.3, -0.25) is 4.79 Å². The van der Waals surface area contributed by atoms with E-state index in [-0.39, 0.29) is 11.5 Å². The average Bonchev–Trinajstić information content (AvgIpc) is 2.90. The molecule has 4 rings (SSSR count). The molecule has 3 aromatic carbocycles. The van der Waals surface area contributed by atoms with Crippen molar-refractivity contribution < 1.29 is 9.47 Å². The molecule has 192 valence electrons. The summed E-state index contributed by atoms with van der Waals surface area (Å²) in [6.45, 7) is 4.46.